The van der Waals surface area contributed by atoms with Crippen molar-refractivity contribution in [3.63, 3.8) is 0 Å². The Kier molecular flexibility index (Phi) is 5.61. The molecule has 1 aromatic rings. The van der Waals surface area contributed by atoms with Crippen molar-refractivity contribution in [2.45, 2.75) is 24.7 Å². The monoisotopic (exact) mass is 313 g/mol. The van der Waals surface area contributed by atoms with Gasteiger partial charge >= 0.3 is 0 Å². The zero-order valence-corrected chi connectivity index (χ0v) is 13.4. The lowest BCUT2D eigenvalue weighted by atomic mass is 10.0. The topological polar surface area (TPSA) is 55.8 Å². The number of methoxy groups -OCH3 is 1. The summed E-state index contributed by atoms with van der Waals surface area (Å²) < 4.78 is 37.4. The molecule has 21 heavy (non-hydrogen) atoms. The van der Waals surface area contributed by atoms with Gasteiger partial charge in [0.1, 0.15) is 5.75 Å². The van der Waals surface area contributed by atoms with Crippen LogP contribution in [0, 0.1) is 5.92 Å². The maximum atomic E-state index is 12.7. The third kappa shape index (κ3) is 3.96. The van der Waals surface area contributed by atoms with Crippen LogP contribution in [0.1, 0.15) is 19.8 Å². The largest absolute Gasteiger partial charge is 0.494 e. The number of piperidine rings is 1. The highest BCUT2D eigenvalue weighted by Crippen LogP contribution is 2.25. The van der Waals surface area contributed by atoms with Crippen molar-refractivity contribution in [1.82, 2.24) is 4.31 Å². The Balaban J connectivity index is 2.13. The second-order valence-corrected chi connectivity index (χ2v) is 7.17. The SMILES string of the molecule is CCOc1ccc(S(=O)(=O)N2CCCC(COC)C2)cc1. The van der Waals surface area contributed by atoms with Gasteiger partial charge in [-0.2, -0.15) is 4.31 Å². The number of hydrogen-bond donors (Lipinski definition) is 0. The predicted molar refractivity (Wildman–Crippen MR) is 81.0 cm³/mol. The van der Waals surface area contributed by atoms with Gasteiger partial charge in [-0.05, 0) is 49.9 Å². The molecule has 6 heteroatoms. The number of hydrogen-bond acceptors (Lipinski definition) is 4. The molecule has 0 aromatic heterocycles. The summed E-state index contributed by atoms with van der Waals surface area (Å²) in [7, 11) is -1.77. The summed E-state index contributed by atoms with van der Waals surface area (Å²) >= 11 is 0. The van der Waals surface area contributed by atoms with Crippen LogP contribution in [0.5, 0.6) is 5.75 Å². The van der Waals surface area contributed by atoms with Crippen molar-refractivity contribution in [2.75, 3.05) is 33.4 Å². The number of sulfonamides is 1. The van der Waals surface area contributed by atoms with Gasteiger partial charge in [0, 0.05) is 20.2 Å². The molecule has 1 aromatic carbocycles. The summed E-state index contributed by atoms with van der Waals surface area (Å²) in [5, 5.41) is 0. The third-order valence-corrected chi connectivity index (χ3v) is 5.54. The van der Waals surface area contributed by atoms with E-state index in [9.17, 15) is 8.42 Å². The molecule has 1 fully saturated rings. The standard InChI is InChI=1S/C15H23NO4S/c1-3-20-14-6-8-15(9-7-14)21(17,18)16-10-4-5-13(11-16)12-19-2/h6-9,13H,3-5,10-12H2,1-2H3. The summed E-state index contributed by atoms with van der Waals surface area (Å²) in [6, 6.07) is 6.63. The summed E-state index contributed by atoms with van der Waals surface area (Å²) in [4.78, 5) is 0.323. The van der Waals surface area contributed by atoms with Crippen molar-refractivity contribution in [3.05, 3.63) is 24.3 Å². The molecule has 118 valence electrons. The fourth-order valence-corrected chi connectivity index (χ4v) is 4.20. The van der Waals surface area contributed by atoms with Crippen LogP contribution in [0.2, 0.25) is 0 Å². The summed E-state index contributed by atoms with van der Waals surface area (Å²) in [5.74, 6) is 0.966. The van der Waals surface area contributed by atoms with Crippen molar-refractivity contribution in [3.8, 4) is 5.75 Å². The molecule has 0 bridgehead atoms. The van der Waals surface area contributed by atoms with E-state index in [-0.39, 0.29) is 5.92 Å². The van der Waals surface area contributed by atoms with E-state index in [0.29, 0.717) is 36.9 Å². The van der Waals surface area contributed by atoms with E-state index >= 15 is 0 Å². The third-order valence-electron chi connectivity index (χ3n) is 3.66. The Hall–Kier alpha value is -1.11. The zero-order valence-electron chi connectivity index (χ0n) is 12.6. The van der Waals surface area contributed by atoms with Crippen LogP contribution in [-0.2, 0) is 14.8 Å². The molecule has 1 aliphatic heterocycles. The lowest BCUT2D eigenvalue weighted by Gasteiger charge is -2.31. The van der Waals surface area contributed by atoms with Gasteiger partial charge in [-0.1, -0.05) is 0 Å². The molecule has 2 rings (SSSR count). The zero-order chi connectivity index (χ0) is 15.3. The maximum absolute atomic E-state index is 12.7. The molecule has 1 atom stereocenters. The lowest BCUT2D eigenvalue weighted by molar-refractivity contribution is 0.118. The number of rotatable bonds is 6. The van der Waals surface area contributed by atoms with Crippen molar-refractivity contribution in [2.24, 2.45) is 5.92 Å². The van der Waals surface area contributed by atoms with Gasteiger partial charge in [0.2, 0.25) is 10.0 Å². The average Bonchev–Trinajstić information content (AvgIpc) is 2.49. The highest BCUT2D eigenvalue weighted by molar-refractivity contribution is 7.89. The smallest absolute Gasteiger partial charge is 0.243 e. The van der Waals surface area contributed by atoms with Crippen LogP contribution in [0.25, 0.3) is 0 Å². The minimum absolute atomic E-state index is 0.279. The first-order valence-corrected chi connectivity index (χ1v) is 8.74. The van der Waals surface area contributed by atoms with Gasteiger partial charge in [0.15, 0.2) is 0 Å². The highest BCUT2D eigenvalue weighted by atomic mass is 32.2. The Morgan fingerprint density at radius 3 is 2.62 bits per heavy atom. The van der Waals surface area contributed by atoms with Crippen LogP contribution in [0.3, 0.4) is 0 Å². The minimum atomic E-state index is -3.42. The Labute approximate surface area is 126 Å². The first kappa shape index (κ1) is 16.3. The van der Waals surface area contributed by atoms with Gasteiger partial charge in [-0.25, -0.2) is 8.42 Å². The second kappa shape index (κ2) is 7.24. The Bertz CT molecular complexity index is 539. The minimum Gasteiger partial charge on any atom is -0.494 e. The Morgan fingerprint density at radius 1 is 1.29 bits per heavy atom. The normalized spacial score (nSPS) is 20.4. The van der Waals surface area contributed by atoms with Crippen LogP contribution in [-0.4, -0.2) is 46.1 Å². The van der Waals surface area contributed by atoms with E-state index in [1.807, 2.05) is 6.92 Å². The van der Waals surface area contributed by atoms with Crippen LogP contribution < -0.4 is 4.74 Å². The molecule has 0 N–H and O–H groups in total. The molecule has 1 unspecified atom stereocenters. The van der Waals surface area contributed by atoms with Crippen molar-refractivity contribution < 1.29 is 17.9 Å². The van der Waals surface area contributed by atoms with Crippen molar-refractivity contribution >= 4 is 10.0 Å². The lowest BCUT2D eigenvalue weighted by Crippen LogP contribution is -2.41. The van der Waals surface area contributed by atoms with Crippen LogP contribution in [0.15, 0.2) is 29.2 Å². The van der Waals surface area contributed by atoms with E-state index in [4.69, 9.17) is 9.47 Å². The molecule has 1 saturated heterocycles. The van der Waals surface area contributed by atoms with Crippen LogP contribution in [0.4, 0.5) is 0 Å². The van der Waals surface area contributed by atoms with E-state index < -0.39 is 10.0 Å². The first-order valence-electron chi connectivity index (χ1n) is 7.30. The van der Waals surface area contributed by atoms with E-state index in [1.54, 1.807) is 35.7 Å². The molecule has 0 amide bonds. The first-order chi connectivity index (χ1) is 10.1. The molecule has 1 heterocycles. The van der Waals surface area contributed by atoms with Crippen LogP contribution >= 0.6 is 0 Å². The van der Waals surface area contributed by atoms with Crippen molar-refractivity contribution in [1.29, 1.82) is 0 Å². The number of nitrogens with zero attached hydrogens (tertiary/aromatic N) is 1. The van der Waals surface area contributed by atoms with E-state index in [0.717, 1.165) is 12.8 Å². The van der Waals surface area contributed by atoms with E-state index in [1.165, 1.54) is 0 Å². The molecular weight excluding hydrogens is 290 g/mol. The second-order valence-electron chi connectivity index (χ2n) is 5.23. The predicted octanol–water partition coefficient (Wildman–Crippen LogP) is 2.13. The number of benzene rings is 1. The van der Waals surface area contributed by atoms with Gasteiger partial charge in [-0.15, -0.1) is 0 Å². The van der Waals surface area contributed by atoms with Gasteiger partial charge < -0.3 is 9.47 Å². The molecule has 0 radical (unpaired) electrons. The Morgan fingerprint density at radius 2 is 2.00 bits per heavy atom. The van der Waals surface area contributed by atoms with Gasteiger partial charge in [-0.3, -0.25) is 0 Å². The fraction of sp³-hybridized carbons (Fsp3) is 0.600. The highest BCUT2D eigenvalue weighted by Gasteiger charge is 2.30. The summed E-state index contributed by atoms with van der Waals surface area (Å²) in [6.45, 7) is 4.18. The molecular formula is C15H23NO4S. The van der Waals surface area contributed by atoms with E-state index in [2.05, 4.69) is 0 Å². The molecule has 5 nitrogen and oxygen atoms in total. The molecule has 0 aliphatic carbocycles. The van der Waals surface area contributed by atoms with Gasteiger partial charge in [0.05, 0.1) is 18.1 Å². The average molecular weight is 313 g/mol. The fourth-order valence-electron chi connectivity index (χ4n) is 2.64. The summed E-state index contributed by atoms with van der Waals surface area (Å²) in [5.41, 5.74) is 0. The molecule has 0 spiro atoms. The summed E-state index contributed by atoms with van der Waals surface area (Å²) in [6.07, 6.45) is 1.90. The van der Waals surface area contributed by atoms with Gasteiger partial charge in [0.25, 0.3) is 0 Å². The quantitative estimate of drug-likeness (QED) is 0.807. The number of ether oxygens (including phenoxy) is 2. The molecule has 0 saturated carbocycles. The molecule has 1 aliphatic rings. The maximum Gasteiger partial charge on any atom is 0.243 e.